The van der Waals surface area contributed by atoms with Crippen LogP contribution < -0.4 is 20.7 Å². The number of anilines is 2. The maximum Gasteiger partial charge on any atom is 0.262 e. The minimum absolute atomic E-state index is 0.0319. The van der Waals surface area contributed by atoms with Crippen LogP contribution in [0, 0.1) is 11.8 Å². The molecule has 1 aliphatic carbocycles. The molecule has 0 radical (unpaired) electrons. The standard InChI is InChI=1S/C18H22ClN3O3/c19-12-1-3-14-10(6-12)5-11(18(24)22-14)8-20-13-2-4-15-16(7-13)25-9-17(23)21-15/h2,4,7,10-12,14,20H,1,3,5-6,8-9H2,(H,21,23)(H,22,24). The van der Waals surface area contributed by atoms with Crippen LogP contribution in [0.15, 0.2) is 18.2 Å². The monoisotopic (exact) mass is 363 g/mol. The minimum atomic E-state index is -0.147. The number of benzene rings is 1. The summed E-state index contributed by atoms with van der Waals surface area (Å²) in [6.07, 6.45) is 3.83. The number of alkyl halides is 1. The first-order valence-electron chi connectivity index (χ1n) is 8.83. The zero-order chi connectivity index (χ0) is 17.4. The second kappa shape index (κ2) is 6.75. The predicted octanol–water partition coefficient (Wildman–Crippen LogP) is 2.34. The van der Waals surface area contributed by atoms with Crippen molar-refractivity contribution >= 4 is 34.8 Å². The van der Waals surface area contributed by atoms with E-state index >= 15 is 0 Å². The Balaban J connectivity index is 1.38. The largest absolute Gasteiger partial charge is 0.482 e. The summed E-state index contributed by atoms with van der Waals surface area (Å²) in [4.78, 5) is 23.7. The van der Waals surface area contributed by atoms with E-state index in [4.69, 9.17) is 16.3 Å². The number of halogens is 1. The normalized spacial score (nSPS) is 31.1. The Morgan fingerprint density at radius 2 is 2.12 bits per heavy atom. The van der Waals surface area contributed by atoms with E-state index in [9.17, 15) is 9.59 Å². The van der Waals surface area contributed by atoms with Gasteiger partial charge in [0.15, 0.2) is 6.61 Å². The molecule has 25 heavy (non-hydrogen) atoms. The Hall–Kier alpha value is -1.95. The molecule has 4 atom stereocenters. The van der Waals surface area contributed by atoms with Gasteiger partial charge < -0.3 is 20.7 Å². The summed E-state index contributed by atoms with van der Waals surface area (Å²) < 4.78 is 5.43. The second-order valence-electron chi connectivity index (χ2n) is 7.15. The van der Waals surface area contributed by atoms with Crippen molar-refractivity contribution < 1.29 is 14.3 Å². The first-order chi connectivity index (χ1) is 12.1. The topological polar surface area (TPSA) is 79.5 Å². The van der Waals surface area contributed by atoms with Gasteiger partial charge in [-0.05, 0) is 43.7 Å². The number of hydrogen-bond acceptors (Lipinski definition) is 4. The Kier molecular flexibility index (Phi) is 4.46. The average Bonchev–Trinajstić information content (AvgIpc) is 2.60. The molecule has 7 heteroatoms. The number of piperidine rings is 1. The predicted molar refractivity (Wildman–Crippen MR) is 96.1 cm³/mol. The van der Waals surface area contributed by atoms with Gasteiger partial charge in [0.25, 0.3) is 5.91 Å². The molecule has 3 aliphatic rings. The van der Waals surface area contributed by atoms with Crippen molar-refractivity contribution in [2.75, 3.05) is 23.8 Å². The van der Waals surface area contributed by atoms with E-state index in [1.54, 1.807) is 0 Å². The van der Waals surface area contributed by atoms with Crippen molar-refractivity contribution in [1.29, 1.82) is 0 Å². The van der Waals surface area contributed by atoms with Gasteiger partial charge in [-0.2, -0.15) is 0 Å². The molecule has 2 amide bonds. The number of nitrogens with one attached hydrogen (secondary N) is 3. The van der Waals surface area contributed by atoms with Crippen LogP contribution in [0.3, 0.4) is 0 Å². The molecule has 0 bridgehead atoms. The molecular formula is C18H22ClN3O3. The van der Waals surface area contributed by atoms with Crippen LogP contribution in [0.25, 0.3) is 0 Å². The van der Waals surface area contributed by atoms with Crippen molar-refractivity contribution in [3.05, 3.63) is 18.2 Å². The average molecular weight is 364 g/mol. The highest BCUT2D eigenvalue weighted by atomic mass is 35.5. The molecule has 0 aromatic heterocycles. The molecule has 1 saturated heterocycles. The van der Waals surface area contributed by atoms with Gasteiger partial charge in [0.2, 0.25) is 5.91 Å². The molecule has 6 nitrogen and oxygen atoms in total. The lowest BCUT2D eigenvalue weighted by Crippen LogP contribution is -2.53. The first-order valence-corrected chi connectivity index (χ1v) is 9.27. The molecule has 2 fully saturated rings. The maximum atomic E-state index is 12.4. The Morgan fingerprint density at radius 3 is 3.00 bits per heavy atom. The third-order valence-electron chi connectivity index (χ3n) is 5.37. The van der Waals surface area contributed by atoms with Crippen LogP contribution in [-0.4, -0.2) is 36.4 Å². The van der Waals surface area contributed by atoms with Gasteiger partial charge in [0, 0.05) is 29.7 Å². The highest BCUT2D eigenvalue weighted by Crippen LogP contribution is 2.36. The lowest BCUT2D eigenvalue weighted by atomic mass is 9.75. The number of ether oxygens (including phenoxy) is 1. The van der Waals surface area contributed by atoms with Gasteiger partial charge in [0.05, 0.1) is 11.6 Å². The van der Waals surface area contributed by atoms with Crippen LogP contribution in [0.2, 0.25) is 0 Å². The van der Waals surface area contributed by atoms with E-state index in [0.717, 1.165) is 31.4 Å². The third kappa shape index (κ3) is 3.54. The van der Waals surface area contributed by atoms with Crippen molar-refractivity contribution in [2.24, 2.45) is 11.8 Å². The maximum absolute atomic E-state index is 12.4. The molecular weight excluding hydrogens is 342 g/mol. The molecule has 3 N–H and O–H groups in total. The summed E-state index contributed by atoms with van der Waals surface area (Å²) in [7, 11) is 0. The van der Waals surface area contributed by atoms with Crippen molar-refractivity contribution in [3.63, 3.8) is 0 Å². The van der Waals surface area contributed by atoms with Gasteiger partial charge in [-0.1, -0.05) is 0 Å². The van der Waals surface area contributed by atoms with Crippen molar-refractivity contribution in [2.45, 2.75) is 37.1 Å². The van der Waals surface area contributed by atoms with Crippen LogP contribution in [0.1, 0.15) is 25.7 Å². The number of carbonyl (C=O) groups is 2. The van der Waals surface area contributed by atoms with E-state index in [0.29, 0.717) is 29.9 Å². The molecule has 1 aromatic rings. The quantitative estimate of drug-likeness (QED) is 0.720. The molecule has 2 heterocycles. The zero-order valence-corrected chi connectivity index (χ0v) is 14.6. The molecule has 0 spiro atoms. The smallest absolute Gasteiger partial charge is 0.262 e. The molecule has 4 rings (SSSR count). The summed E-state index contributed by atoms with van der Waals surface area (Å²) in [6.45, 7) is 0.608. The van der Waals surface area contributed by atoms with Gasteiger partial charge >= 0.3 is 0 Å². The molecule has 2 aliphatic heterocycles. The lowest BCUT2D eigenvalue weighted by molar-refractivity contribution is -0.129. The summed E-state index contributed by atoms with van der Waals surface area (Å²) in [5.41, 5.74) is 1.55. The van der Waals surface area contributed by atoms with E-state index in [1.165, 1.54) is 0 Å². The fourth-order valence-electron chi connectivity index (χ4n) is 4.03. The van der Waals surface area contributed by atoms with Crippen LogP contribution in [0.4, 0.5) is 11.4 Å². The van der Waals surface area contributed by atoms with Gasteiger partial charge in [0.1, 0.15) is 5.75 Å². The Morgan fingerprint density at radius 1 is 1.24 bits per heavy atom. The van der Waals surface area contributed by atoms with Gasteiger partial charge in [-0.15, -0.1) is 11.6 Å². The van der Waals surface area contributed by atoms with Crippen LogP contribution in [0.5, 0.6) is 5.75 Å². The summed E-state index contributed by atoms with van der Waals surface area (Å²) in [5, 5.41) is 9.50. The SMILES string of the molecule is O=C1COc2cc(NCC3CC4CC(Cl)CCC4NC3=O)ccc2N1. The summed E-state index contributed by atoms with van der Waals surface area (Å²) in [5.74, 6) is 1.05. The fraction of sp³-hybridized carbons (Fsp3) is 0.556. The van der Waals surface area contributed by atoms with Crippen LogP contribution >= 0.6 is 11.6 Å². The van der Waals surface area contributed by atoms with Gasteiger partial charge in [-0.3, -0.25) is 9.59 Å². The van der Waals surface area contributed by atoms with Gasteiger partial charge in [-0.25, -0.2) is 0 Å². The lowest BCUT2D eigenvalue weighted by Gasteiger charge is -2.41. The summed E-state index contributed by atoms with van der Waals surface area (Å²) in [6, 6.07) is 5.84. The molecule has 134 valence electrons. The number of fused-ring (bicyclic) bond motifs is 2. The zero-order valence-electron chi connectivity index (χ0n) is 13.9. The molecule has 1 aromatic carbocycles. The van der Waals surface area contributed by atoms with Crippen molar-refractivity contribution in [1.82, 2.24) is 5.32 Å². The number of rotatable bonds is 3. The minimum Gasteiger partial charge on any atom is -0.482 e. The molecule has 1 saturated carbocycles. The number of amides is 2. The van der Waals surface area contributed by atoms with E-state index < -0.39 is 0 Å². The second-order valence-corrected chi connectivity index (χ2v) is 7.76. The molecule has 4 unspecified atom stereocenters. The van der Waals surface area contributed by atoms with E-state index in [2.05, 4.69) is 16.0 Å². The van der Waals surface area contributed by atoms with Crippen molar-refractivity contribution in [3.8, 4) is 5.75 Å². The highest BCUT2D eigenvalue weighted by molar-refractivity contribution is 6.20. The number of hydrogen-bond donors (Lipinski definition) is 3. The highest BCUT2D eigenvalue weighted by Gasteiger charge is 2.38. The Bertz CT molecular complexity index is 696. The summed E-state index contributed by atoms with van der Waals surface area (Å²) >= 11 is 6.30. The Labute approximate surface area is 151 Å². The third-order valence-corrected chi connectivity index (χ3v) is 5.77. The van der Waals surface area contributed by atoms with E-state index in [-0.39, 0.29) is 29.7 Å². The first kappa shape index (κ1) is 16.5. The van der Waals surface area contributed by atoms with E-state index in [1.807, 2.05) is 18.2 Å². The number of carbonyl (C=O) groups excluding carboxylic acids is 2. The fourth-order valence-corrected chi connectivity index (χ4v) is 4.39. The van der Waals surface area contributed by atoms with Crippen LogP contribution in [-0.2, 0) is 9.59 Å².